The average Bonchev–Trinajstić information content (AvgIpc) is 3.09. The van der Waals surface area contributed by atoms with Crippen molar-refractivity contribution in [2.75, 3.05) is 13.1 Å². The largest absolute Gasteiger partial charge is 0.486 e. The quantitative estimate of drug-likeness (QED) is 0.939. The highest BCUT2D eigenvalue weighted by Gasteiger charge is 2.18. The molecule has 0 radical (unpaired) electrons. The van der Waals surface area contributed by atoms with Gasteiger partial charge in [-0.15, -0.1) is 0 Å². The number of benzene rings is 2. The molecule has 3 rings (SSSR count). The number of nitriles is 1. The van der Waals surface area contributed by atoms with Crippen LogP contribution in [0.25, 0.3) is 0 Å². The SMILES string of the molecule is N#Cc1ccc(OCc2cc(C3CCNC3)ccc2F)c(F)c1. The summed E-state index contributed by atoms with van der Waals surface area (Å²) in [6.45, 7) is 1.79. The van der Waals surface area contributed by atoms with Crippen LogP contribution in [0.5, 0.6) is 5.75 Å². The summed E-state index contributed by atoms with van der Waals surface area (Å²) < 4.78 is 33.1. The third kappa shape index (κ3) is 3.49. The number of rotatable bonds is 4. The maximum atomic E-state index is 13.9. The Morgan fingerprint density at radius 2 is 2.04 bits per heavy atom. The minimum Gasteiger partial charge on any atom is -0.486 e. The van der Waals surface area contributed by atoms with Crippen LogP contribution in [0.3, 0.4) is 0 Å². The fourth-order valence-electron chi connectivity index (χ4n) is 2.74. The molecule has 1 N–H and O–H groups in total. The van der Waals surface area contributed by atoms with Crippen molar-refractivity contribution in [1.29, 1.82) is 5.26 Å². The van der Waals surface area contributed by atoms with Gasteiger partial charge < -0.3 is 10.1 Å². The highest BCUT2D eigenvalue weighted by molar-refractivity contribution is 5.36. The fraction of sp³-hybridized carbons (Fsp3) is 0.278. The summed E-state index contributed by atoms with van der Waals surface area (Å²) in [5.41, 5.74) is 1.69. The van der Waals surface area contributed by atoms with Crippen molar-refractivity contribution in [2.24, 2.45) is 0 Å². The van der Waals surface area contributed by atoms with E-state index in [9.17, 15) is 8.78 Å². The van der Waals surface area contributed by atoms with Gasteiger partial charge in [-0.05, 0) is 54.8 Å². The van der Waals surface area contributed by atoms with Gasteiger partial charge in [-0.2, -0.15) is 5.26 Å². The molecule has 0 bridgehead atoms. The van der Waals surface area contributed by atoms with Gasteiger partial charge in [-0.3, -0.25) is 0 Å². The molecule has 118 valence electrons. The molecule has 0 spiro atoms. The van der Waals surface area contributed by atoms with Crippen molar-refractivity contribution in [3.05, 3.63) is 64.7 Å². The molecular weight excluding hydrogens is 298 g/mol. The van der Waals surface area contributed by atoms with Gasteiger partial charge in [0.1, 0.15) is 12.4 Å². The second kappa shape index (κ2) is 6.76. The van der Waals surface area contributed by atoms with E-state index in [2.05, 4.69) is 5.32 Å². The fourth-order valence-corrected chi connectivity index (χ4v) is 2.74. The lowest BCUT2D eigenvalue weighted by Crippen LogP contribution is -2.09. The molecule has 0 aromatic heterocycles. The van der Waals surface area contributed by atoms with E-state index in [1.54, 1.807) is 12.1 Å². The molecule has 23 heavy (non-hydrogen) atoms. The summed E-state index contributed by atoms with van der Waals surface area (Å²) in [5, 5.41) is 12.0. The number of nitrogens with one attached hydrogen (secondary N) is 1. The van der Waals surface area contributed by atoms with Crippen LogP contribution in [0, 0.1) is 23.0 Å². The molecule has 1 aliphatic rings. The van der Waals surface area contributed by atoms with Gasteiger partial charge in [-0.1, -0.05) is 6.07 Å². The van der Waals surface area contributed by atoms with Gasteiger partial charge in [0.25, 0.3) is 0 Å². The minimum atomic E-state index is -0.624. The van der Waals surface area contributed by atoms with Crippen LogP contribution in [0.1, 0.15) is 29.0 Å². The van der Waals surface area contributed by atoms with Crippen LogP contribution in [-0.4, -0.2) is 13.1 Å². The van der Waals surface area contributed by atoms with Crippen molar-refractivity contribution in [2.45, 2.75) is 18.9 Å². The molecule has 1 heterocycles. The standard InChI is InChI=1S/C18H16F2N2O/c19-16-3-2-13(14-5-6-22-10-14)8-15(16)11-23-18-4-1-12(9-21)7-17(18)20/h1-4,7-8,14,22H,5-6,10-11H2. The molecular formula is C18H16F2N2O. The van der Waals surface area contributed by atoms with Crippen molar-refractivity contribution in [3.8, 4) is 11.8 Å². The second-order valence-corrected chi connectivity index (χ2v) is 5.59. The van der Waals surface area contributed by atoms with Gasteiger partial charge in [0, 0.05) is 12.1 Å². The minimum absolute atomic E-state index is 0.0105. The number of hydrogen-bond acceptors (Lipinski definition) is 3. The summed E-state index contributed by atoms with van der Waals surface area (Å²) in [4.78, 5) is 0. The lowest BCUT2D eigenvalue weighted by Gasteiger charge is -2.13. The van der Waals surface area contributed by atoms with Crippen LogP contribution in [0.4, 0.5) is 8.78 Å². The van der Waals surface area contributed by atoms with Gasteiger partial charge in [-0.25, -0.2) is 8.78 Å². The summed E-state index contributed by atoms with van der Waals surface area (Å²) >= 11 is 0. The zero-order valence-corrected chi connectivity index (χ0v) is 12.5. The predicted molar refractivity (Wildman–Crippen MR) is 82.1 cm³/mol. The molecule has 1 atom stereocenters. The van der Waals surface area contributed by atoms with E-state index < -0.39 is 5.82 Å². The van der Waals surface area contributed by atoms with Gasteiger partial charge in [0.2, 0.25) is 0 Å². The normalized spacial score (nSPS) is 17.0. The molecule has 1 fully saturated rings. The summed E-state index contributed by atoms with van der Waals surface area (Å²) in [6, 6.07) is 10.8. The van der Waals surface area contributed by atoms with Crippen LogP contribution < -0.4 is 10.1 Å². The number of nitrogens with zero attached hydrogens (tertiary/aromatic N) is 1. The Balaban J connectivity index is 1.75. The number of hydrogen-bond donors (Lipinski definition) is 1. The Hall–Kier alpha value is -2.45. The molecule has 0 saturated carbocycles. The molecule has 3 nitrogen and oxygen atoms in total. The summed E-state index contributed by atoms with van der Waals surface area (Å²) in [7, 11) is 0. The monoisotopic (exact) mass is 314 g/mol. The second-order valence-electron chi connectivity index (χ2n) is 5.59. The van der Waals surface area contributed by atoms with E-state index in [1.807, 2.05) is 6.07 Å². The molecule has 0 aliphatic carbocycles. The van der Waals surface area contributed by atoms with Crippen LogP contribution in [-0.2, 0) is 6.61 Å². The molecule has 2 aromatic carbocycles. The Morgan fingerprint density at radius 3 is 2.74 bits per heavy atom. The lowest BCUT2D eigenvalue weighted by atomic mass is 9.96. The van der Waals surface area contributed by atoms with Crippen molar-refractivity contribution >= 4 is 0 Å². The Labute approximate surface area is 133 Å². The maximum Gasteiger partial charge on any atom is 0.166 e. The maximum absolute atomic E-state index is 13.9. The first-order valence-electron chi connectivity index (χ1n) is 7.49. The molecule has 0 amide bonds. The first-order chi connectivity index (χ1) is 11.2. The Morgan fingerprint density at radius 1 is 1.17 bits per heavy atom. The van der Waals surface area contributed by atoms with Gasteiger partial charge >= 0.3 is 0 Å². The van der Waals surface area contributed by atoms with E-state index in [1.165, 1.54) is 18.2 Å². The number of halogens is 2. The smallest absolute Gasteiger partial charge is 0.166 e. The van der Waals surface area contributed by atoms with E-state index in [-0.39, 0.29) is 23.7 Å². The van der Waals surface area contributed by atoms with Crippen LogP contribution in [0.2, 0.25) is 0 Å². The Kier molecular flexibility index (Phi) is 4.54. The number of ether oxygens (including phenoxy) is 1. The molecule has 5 heteroatoms. The van der Waals surface area contributed by atoms with E-state index in [0.717, 1.165) is 31.1 Å². The molecule has 1 unspecified atom stereocenters. The summed E-state index contributed by atoms with van der Waals surface area (Å²) in [5.74, 6) is -0.605. The van der Waals surface area contributed by atoms with Crippen LogP contribution in [0.15, 0.2) is 36.4 Å². The average molecular weight is 314 g/mol. The van der Waals surface area contributed by atoms with E-state index in [0.29, 0.717) is 11.5 Å². The topological polar surface area (TPSA) is 45.0 Å². The van der Waals surface area contributed by atoms with Crippen molar-refractivity contribution < 1.29 is 13.5 Å². The zero-order chi connectivity index (χ0) is 16.2. The lowest BCUT2D eigenvalue weighted by molar-refractivity contribution is 0.284. The van der Waals surface area contributed by atoms with Gasteiger partial charge in [0.05, 0.1) is 11.6 Å². The van der Waals surface area contributed by atoms with E-state index in [4.69, 9.17) is 10.00 Å². The van der Waals surface area contributed by atoms with Gasteiger partial charge in [0.15, 0.2) is 11.6 Å². The molecule has 2 aromatic rings. The molecule has 1 aliphatic heterocycles. The zero-order valence-electron chi connectivity index (χ0n) is 12.5. The Bertz CT molecular complexity index is 749. The predicted octanol–water partition coefficient (Wildman–Crippen LogP) is 3.49. The van der Waals surface area contributed by atoms with E-state index >= 15 is 0 Å². The van der Waals surface area contributed by atoms with Crippen molar-refractivity contribution in [3.63, 3.8) is 0 Å². The van der Waals surface area contributed by atoms with Crippen LogP contribution >= 0.6 is 0 Å². The highest BCUT2D eigenvalue weighted by Crippen LogP contribution is 2.25. The summed E-state index contributed by atoms with van der Waals surface area (Å²) in [6.07, 6.45) is 1.02. The third-order valence-corrected chi connectivity index (χ3v) is 4.05. The first kappa shape index (κ1) is 15.4. The third-order valence-electron chi connectivity index (χ3n) is 4.05. The molecule has 1 saturated heterocycles. The van der Waals surface area contributed by atoms with Crippen molar-refractivity contribution in [1.82, 2.24) is 5.32 Å². The highest BCUT2D eigenvalue weighted by atomic mass is 19.1. The first-order valence-corrected chi connectivity index (χ1v) is 7.49.